The minimum absolute atomic E-state index is 0.0357. The number of urea groups is 1. The van der Waals surface area contributed by atoms with Gasteiger partial charge in [-0.1, -0.05) is 36.4 Å². The Balaban J connectivity index is 1.44. The monoisotopic (exact) mass is 369 g/mol. The van der Waals surface area contributed by atoms with Crippen LogP contribution in [0.25, 0.3) is 0 Å². The van der Waals surface area contributed by atoms with E-state index < -0.39 is 0 Å². The molecule has 136 valence electrons. The van der Waals surface area contributed by atoms with Crippen molar-refractivity contribution in [2.45, 2.75) is 37.3 Å². The van der Waals surface area contributed by atoms with Crippen molar-refractivity contribution < 1.29 is 9.59 Å². The second-order valence-electron chi connectivity index (χ2n) is 7.12. The van der Waals surface area contributed by atoms with Crippen LogP contribution < -0.4 is 10.6 Å². The van der Waals surface area contributed by atoms with E-state index in [2.05, 4.69) is 16.7 Å². The minimum atomic E-state index is -0.134. The Morgan fingerprint density at radius 3 is 2.50 bits per heavy atom. The zero-order valence-corrected chi connectivity index (χ0v) is 15.4. The van der Waals surface area contributed by atoms with Crippen molar-refractivity contribution in [3.63, 3.8) is 0 Å². The topological polar surface area (TPSA) is 61.4 Å². The molecule has 0 saturated carbocycles. The molecule has 2 aliphatic rings. The quantitative estimate of drug-likeness (QED) is 0.872. The first-order valence-electron chi connectivity index (χ1n) is 9.10. The number of hydrogen-bond donors (Lipinski definition) is 2. The molecule has 2 aromatic rings. The molecule has 2 aliphatic heterocycles. The third kappa shape index (κ3) is 3.46. The highest BCUT2D eigenvalue weighted by Gasteiger charge is 2.41. The van der Waals surface area contributed by atoms with Gasteiger partial charge in [0.05, 0.1) is 6.04 Å². The van der Waals surface area contributed by atoms with E-state index in [9.17, 15) is 9.59 Å². The minimum Gasteiger partial charge on any atom is -0.351 e. The summed E-state index contributed by atoms with van der Waals surface area (Å²) in [6.07, 6.45) is 3.17. The second-order valence-corrected chi connectivity index (χ2v) is 8.10. The van der Waals surface area contributed by atoms with Crippen LogP contribution in [0.3, 0.4) is 0 Å². The highest BCUT2D eigenvalue weighted by molar-refractivity contribution is 7.10. The first-order chi connectivity index (χ1) is 12.7. The summed E-state index contributed by atoms with van der Waals surface area (Å²) in [5, 5.41) is 8.36. The molecule has 2 N–H and O–H groups in total. The predicted molar refractivity (Wildman–Crippen MR) is 102 cm³/mol. The van der Waals surface area contributed by atoms with E-state index in [1.807, 2.05) is 46.7 Å². The molecular formula is C20H23N3O2S. The number of carbonyl (C=O) groups excluding carboxylic acids is 2. The molecule has 5 nitrogen and oxygen atoms in total. The Morgan fingerprint density at radius 1 is 1.12 bits per heavy atom. The largest absolute Gasteiger partial charge is 0.351 e. The van der Waals surface area contributed by atoms with Gasteiger partial charge in [0.2, 0.25) is 5.91 Å². The van der Waals surface area contributed by atoms with Crippen LogP contribution in [0.2, 0.25) is 0 Å². The van der Waals surface area contributed by atoms with Gasteiger partial charge >= 0.3 is 6.03 Å². The van der Waals surface area contributed by atoms with Gasteiger partial charge < -0.3 is 15.5 Å². The Morgan fingerprint density at radius 2 is 1.88 bits per heavy atom. The second kappa shape index (κ2) is 7.11. The zero-order chi connectivity index (χ0) is 18.0. The third-order valence-corrected chi connectivity index (χ3v) is 6.41. The molecule has 0 aliphatic carbocycles. The molecule has 3 amide bonds. The SMILES string of the molecule is O=C1CCC2(CCN(C(=O)N[C@H](c3ccccc3)c3cccs3)CC2)N1. The number of piperidine rings is 1. The number of carbonyl (C=O) groups is 2. The lowest BCUT2D eigenvalue weighted by molar-refractivity contribution is -0.120. The van der Waals surface area contributed by atoms with Gasteiger partial charge in [0, 0.05) is 29.9 Å². The molecule has 1 aromatic heterocycles. The van der Waals surface area contributed by atoms with Crippen LogP contribution in [0, 0.1) is 0 Å². The summed E-state index contributed by atoms with van der Waals surface area (Å²) in [6.45, 7) is 1.36. The molecule has 0 unspecified atom stereocenters. The lowest BCUT2D eigenvalue weighted by Crippen LogP contribution is -2.54. The number of hydrogen-bond acceptors (Lipinski definition) is 3. The van der Waals surface area contributed by atoms with E-state index in [-0.39, 0.29) is 23.5 Å². The van der Waals surface area contributed by atoms with Crippen molar-refractivity contribution in [3.05, 3.63) is 58.3 Å². The summed E-state index contributed by atoms with van der Waals surface area (Å²) in [7, 11) is 0. The number of nitrogens with zero attached hydrogens (tertiary/aromatic N) is 1. The van der Waals surface area contributed by atoms with Crippen molar-refractivity contribution in [1.29, 1.82) is 0 Å². The molecule has 0 radical (unpaired) electrons. The number of amides is 3. The van der Waals surface area contributed by atoms with Gasteiger partial charge in [-0.05, 0) is 36.3 Å². The summed E-state index contributed by atoms with van der Waals surface area (Å²) in [6, 6.07) is 14.0. The molecule has 2 fully saturated rings. The van der Waals surface area contributed by atoms with E-state index in [0.29, 0.717) is 19.5 Å². The van der Waals surface area contributed by atoms with E-state index in [0.717, 1.165) is 29.7 Å². The van der Waals surface area contributed by atoms with Crippen LogP contribution in [0.15, 0.2) is 47.8 Å². The van der Waals surface area contributed by atoms with Crippen LogP contribution in [0.1, 0.15) is 42.2 Å². The van der Waals surface area contributed by atoms with Crippen LogP contribution >= 0.6 is 11.3 Å². The number of thiophene rings is 1. The zero-order valence-electron chi connectivity index (χ0n) is 14.6. The van der Waals surface area contributed by atoms with Gasteiger partial charge in [0.1, 0.15) is 0 Å². The number of benzene rings is 1. The average molecular weight is 369 g/mol. The normalized spacial score (nSPS) is 20.0. The Kier molecular flexibility index (Phi) is 4.68. The van der Waals surface area contributed by atoms with E-state index in [4.69, 9.17) is 0 Å². The Labute approximate surface area is 157 Å². The molecule has 1 atom stereocenters. The number of likely N-dealkylation sites (tertiary alicyclic amines) is 1. The predicted octanol–water partition coefficient (Wildman–Crippen LogP) is 3.29. The molecular weight excluding hydrogens is 346 g/mol. The summed E-state index contributed by atoms with van der Waals surface area (Å²) in [5.74, 6) is 0.143. The summed E-state index contributed by atoms with van der Waals surface area (Å²) >= 11 is 1.65. The highest BCUT2D eigenvalue weighted by atomic mass is 32.1. The van der Waals surface area contributed by atoms with Crippen molar-refractivity contribution in [3.8, 4) is 0 Å². The Hall–Kier alpha value is -2.34. The lowest BCUT2D eigenvalue weighted by Gasteiger charge is -2.39. The van der Waals surface area contributed by atoms with Crippen molar-refractivity contribution in [2.24, 2.45) is 0 Å². The molecule has 6 heteroatoms. The van der Waals surface area contributed by atoms with Crippen LogP contribution in [-0.2, 0) is 4.79 Å². The van der Waals surface area contributed by atoms with Gasteiger partial charge in [-0.3, -0.25) is 4.79 Å². The van der Waals surface area contributed by atoms with Gasteiger partial charge in [0.15, 0.2) is 0 Å². The third-order valence-electron chi connectivity index (χ3n) is 5.47. The molecule has 1 spiro atoms. The molecule has 26 heavy (non-hydrogen) atoms. The summed E-state index contributed by atoms with van der Waals surface area (Å²) < 4.78 is 0. The molecule has 4 rings (SSSR count). The van der Waals surface area contributed by atoms with Crippen molar-refractivity contribution in [1.82, 2.24) is 15.5 Å². The van der Waals surface area contributed by atoms with Crippen LogP contribution in [0.4, 0.5) is 4.79 Å². The van der Waals surface area contributed by atoms with Gasteiger partial charge in [-0.2, -0.15) is 0 Å². The fourth-order valence-corrected chi connectivity index (χ4v) is 4.72. The maximum Gasteiger partial charge on any atom is 0.318 e. The smallest absolute Gasteiger partial charge is 0.318 e. The summed E-state index contributed by atoms with van der Waals surface area (Å²) in [4.78, 5) is 27.4. The fourth-order valence-electron chi connectivity index (χ4n) is 3.92. The highest BCUT2D eigenvalue weighted by Crippen LogP contribution is 2.32. The van der Waals surface area contributed by atoms with E-state index >= 15 is 0 Å². The lowest BCUT2D eigenvalue weighted by atomic mass is 9.86. The van der Waals surface area contributed by atoms with Crippen molar-refractivity contribution in [2.75, 3.05) is 13.1 Å². The maximum absolute atomic E-state index is 12.9. The van der Waals surface area contributed by atoms with E-state index in [1.165, 1.54) is 0 Å². The Bertz CT molecular complexity index is 768. The van der Waals surface area contributed by atoms with Crippen molar-refractivity contribution >= 4 is 23.3 Å². The van der Waals surface area contributed by atoms with Gasteiger partial charge in [0.25, 0.3) is 0 Å². The number of nitrogens with one attached hydrogen (secondary N) is 2. The maximum atomic E-state index is 12.9. The molecule has 3 heterocycles. The van der Waals surface area contributed by atoms with Gasteiger partial charge in [-0.25, -0.2) is 4.79 Å². The standard InChI is InChI=1S/C20H23N3O2S/c24-17-8-9-20(22-17)10-12-23(13-11-20)19(25)21-18(16-7-4-14-26-16)15-5-2-1-3-6-15/h1-7,14,18H,8-13H2,(H,21,25)(H,22,24)/t18-/m1/s1. The molecule has 0 bridgehead atoms. The van der Waals surface area contributed by atoms with Gasteiger partial charge in [-0.15, -0.1) is 11.3 Å². The first-order valence-corrected chi connectivity index (χ1v) is 9.98. The first kappa shape index (κ1) is 17.1. The number of rotatable bonds is 3. The van der Waals surface area contributed by atoms with Crippen LogP contribution in [0.5, 0.6) is 0 Å². The fraction of sp³-hybridized carbons (Fsp3) is 0.400. The summed E-state index contributed by atoms with van der Waals surface area (Å²) in [5.41, 5.74) is 1.00. The average Bonchev–Trinajstić information content (AvgIpc) is 3.31. The van der Waals surface area contributed by atoms with Crippen LogP contribution in [-0.4, -0.2) is 35.5 Å². The molecule has 1 aromatic carbocycles. The molecule has 2 saturated heterocycles. The van der Waals surface area contributed by atoms with E-state index in [1.54, 1.807) is 11.3 Å².